The third kappa shape index (κ3) is 4.29. The number of aliphatic hydroxyl groups excluding tert-OH is 1. The van der Waals surface area contributed by atoms with E-state index in [1.807, 2.05) is 30.3 Å². The Hall–Kier alpha value is -1.88. The number of fused-ring (bicyclic) bond motifs is 5. The van der Waals surface area contributed by atoms with Crippen LogP contribution in [0.2, 0.25) is 0 Å². The van der Waals surface area contributed by atoms with E-state index in [1.54, 1.807) is 0 Å². The number of aliphatic hydroxyl groups is 1. The van der Waals surface area contributed by atoms with Gasteiger partial charge in [-0.05, 0) is 111 Å². The van der Waals surface area contributed by atoms with Gasteiger partial charge in [0.2, 0.25) is 0 Å². The first-order valence-corrected chi connectivity index (χ1v) is 14.3. The van der Waals surface area contributed by atoms with Crippen LogP contribution in [0.25, 0.3) is 0 Å². The van der Waals surface area contributed by atoms with E-state index < -0.39 is 5.97 Å². The van der Waals surface area contributed by atoms with Crippen LogP contribution >= 0.6 is 0 Å². The molecule has 0 spiro atoms. The van der Waals surface area contributed by atoms with Gasteiger partial charge in [-0.1, -0.05) is 39.0 Å². The fourth-order valence-corrected chi connectivity index (χ4v) is 9.63. The van der Waals surface area contributed by atoms with Gasteiger partial charge in [0.25, 0.3) is 0 Å². The first-order valence-electron chi connectivity index (χ1n) is 14.3. The number of rotatable bonds is 6. The number of esters is 1. The van der Waals surface area contributed by atoms with Crippen molar-refractivity contribution < 1.29 is 24.5 Å². The Balaban J connectivity index is 1.48. The van der Waals surface area contributed by atoms with E-state index in [0.717, 1.165) is 38.5 Å². The van der Waals surface area contributed by atoms with Gasteiger partial charge in [-0.2, -0.15) is 0 Å². The van der Waals surface area contributed by atoms with E-state index in [0.29, 0.717) is 41.6 Å². The van der Waals surface area contributed by atoms with Crippen molar-refractivity contribution in [1.29, 1.82) is 0 Å². The van der Waals surface area contributed by atoms with Crippen LogP contribution in [0.3, 0.4) is 0 Å². The van der Waals surface area contributed by atoms with Crippen LogP contribution in [0.4, 0.5) is 0 Å². The van der Waals surface area contributed by atoms with E-state index in [1.165, 1.54) is 12.8 Å². The lowest BCUT2D eigenvalue weighted by Gasteiger charge is -2.62. The molecular formula is C31H44O5. The lowest BCUT2D eigenvalue weighted by Crippen LogP contribution is -2.59. The average molecular weight is 497 g/mol. The molecule has 5 nitrogen and oxygen atoms in total. The lowest BCUT2D eigenvalue weighted by molar-refractivity contribution is -0.176. The Morgan fingerprint density at radius 2 is 1.78 bits per heavy atom. The number of carbonyl (C=O) groups is 2. The number of hydrogen-bond donors (Lipinski definition) is 2. The molecule has 0 bridgehead atoms. The molecule has 2 N–H and O–H groups in total. The minimum absolute atomic E-state index is 0.138. The van der Waals surface area contributed by atoms with Crippen molar-refractivity contribution in [3.05, 3.63) is 35.9 Å². The van der Waals surface area contributed by atoms with Crippen LogP contribution in [-0.2, 0) is 9.53 Å². The summed E-state index contributed by atoms with van der Waals surface area (Å²) >= 11 is 0. The Kier molecular flexibility index (Phi) is 6.99. The van der Waals surface area contributed by atoms with Gasteiger partial charge < -0.3 is 14.9 Å². The van der Waals surface area contributed by atoms with Crippen LogP contribution in [0, 0.1) is 46.3 Å². The van der Waals surface area contributed by atoms with E-state index >= 15 is 0 Å². The summed E-state index contributed by atoms with van der Waals surface area (Å²) in [4.78, 5) is 24.7. The largest absolute Gasteiger partial charge is 0.481 e. The predicted octanol–water partition coefficient (Wildman–Crippen LogP) is 6.34. The molecule has 36 heavy (non-hydrogen) atoms. The van der Waals surface area contributed by atoms with E-state index in [4.69, 9.17) is 4.74 Å². The summed E-state index contributed by atoms with van der Waals surface area (Å²) in [5, 5.41) is 19.7. The molecule has 0 unspecified atom stereocenters. The van der Waals surface area contributed by atoms with E-state index in [9.17, 15) is 19.8 Å². The highest BCUT2D eigenvalue weighted by Crippen LogP contribution is 2.69. The van der Waals surface area contributed by atoms with Crippen LogP contribution in [0.1, 0.15) is 95.3 Å². The van der Waals surface area contributed by atoms with Crippen LogP contribution in [0.15, 0.2) is 30.3 Å². The Labute approximate surface area is 216 Å². The molecule has 0 amide bonds. The zero-order chi connectivity index (χ0) is 25.7. The summed E-state index contributed by atoms with van der Waals surface area (Å²) < 4.78 is 6.49. The molecule has 5 rings (SSSR count). The minimum Gasteiger partial charge on any atom is -0.481 e. The minimum atomic E-state index is -0.733. The zero-order valence-electron chi connectivity index (χ0n) is 22.2. The van der Waals surface area contributed by atoms with Crippen molar-refractivity contribution in [3.63, 3.8) is 0 Å². The summed E-state index contributed by atoms with van der Waals surface area (Å²) in [5.41, 5.74) is 0.649. The number of benzene rings is 1. The second kappa shape index (κ2) is 9.78. The fraction of sp³-hybridized carbons (Fsp3) is 0.742. The number of carbonyl (C=O) groups excluding carboxylic acids is 1. The molecular weight excluding hydrogens is 452 g/mol. The third-order valence-corrected chi connectivity index (χ3v) is 11.5. The maximum Gasteiger partial charge on any atom is 0.338 e. The molecule has 0 radical (unpaired) electrons. The van der Waals surface area contributed by atoms with Crippen molar-refractivity contribution in [2.24, 2.45) is 46.3 Å². The second-order valence-corrected chi connectivity index (χ2v) is 13.0. The highest BCUT2D eigenvalue weighted by atomic mass is 16.5. The van der Waals surface area contributed by atoms with Crippen LogP contribution in [0.5, 0.6) is 0 Å². The topological polar surface area (TPSA) is 83.8 Å². The Morgan fingerprint density at radius 1 is 1.03 bits per heavy atom. The molecule has 0 aliphatic heterocycles. The van der Waals surface area contributed by atoms with Crippen molar-refractivity contribution in [2.45, 2.75) is 97.2 Å². The summed E-state index contributed by atoms with van der Waals surface area (Å²) in [6.45, 7) is 7.04. The zero-order valence-corrected chi connectivity index (χ0v) is 22.2. The molecule has 4 aliphatic carbocycles. The molecule has 198 valence electrons. The van der Waals surface area contributed by atoms with Gasteiger partial charge in [0, 0.05) is 11.8 Å². The molecule has 1 aromatic rings. The average Bonchev–Trinajstić information content (AvgIpc) is 3.22. The lowest BCUT2D eigenvalue weighted by atomic mass is 9.43. The maximum atomic E-state index is 13.4. The number of carboxylic acid groups (broad SMARTS) is 1. The first-order chi connectivity index (χ1) is 17.1. The molecule has 1 aromatic carbocycles. The monoisotopic (exact) mass is 496 g/mol. The standard InChI is InChI=1S/C31H44O5/c1-19(9-14-28(33)34)24-12-13-25-23-11-10-21-17-22(32)15-16-30(21,2)26(23)18-27(31(24,25)3)36-29(35)20-7-5-4-6-8-20/h4-8,19,21-27,32H,9-18H2,1-3H3,(H,33,34)/t19-,21-,22-,23+,24+,25-,26+,27+,30+,31-/m1/s1. The number of aliphatic carboxylic acids is 1. The van der Waals surface area contributed by atoms with Crippen molar-refractivity contribution in [2.75, 3.05) is 0 Å². The number of carboxylic acids is 1. The van der Waals surface area contributed by atoms with Crippen LogP contribution in [-0.4, -0.2) is 34.4 Å². The van der Waals surface area contributed by atoms with Gasteiger partial charge in [0.1, 0.15) is 6.10 Å². The van der Waals surface area contributed by atoms with Gasteiger partial charge in [-0.3, -0.25) is 4.79 Å². The molecule has 4 aliphatic rings. The fourth-order valence-electron chi connectivity index (χ4n) is 9.63. The first kappa shape index (κ1) is 25.8. The molecule has 5 heteroatoms. The number of hydrogen-bond acceptors (Lipinski definition) is 4. The van der Waals surface area contributed by atoms with E-state index in [-0.39, 0.29) is 41.3 Å². The van der Waals surface area contributed by atoms with Gasteiger partial charge >= 0.3 is 11.9 Å². The molecule has 0 saturated heterocycles. The molecule has 0 heterocycles. The summed E-state index contributed by atoms with van der Waals surface area (Å²) in [6.07, 6.45) is 8.88. The maximum absolute atomic E-state index is 13.4. The molecule has 4 saturated carbocycles. The quantitative estimate of drug-likeness (QED) is 0.449. The van der Waals surface area contributed by atoms with Crippen molar-refractivity contribution >= 4 is 11.9 Å². The third-order valence-electron chi connectivity index (χ3n) is 11.5. The van der Waals surface area contributed by atoms with E-state index in [2.05, 4.69) is 20.8 Å². The highest BCUT2D eigenvalue weighted by molar-refractivity contribution is 5.89. The molecule has 0 aromatic heterocycles. The van der Waals surface area contributed by atoms with Gasteiger partial charge in [0.15, 0.2) is 0 Å². The van der Waals surface area contributed by atoms with Gasteiger partial charge in [-0.25, -0.2) is 4.79 Å². The highest BCUT2D eigenvalue weighted by Gasteiger charge is 2.65. The van der Waals surface area contributed by atoms with Gasteiger partial charge in [-0.15, -0.1) is 0 Å². The predicted molar refractivity (Wildman–Crippen MR) is 138 cm³/mol. The SMILES string of the molecule is C[C@H](CCC(=O)O)[C@@H]1CC[C@@H]2[C@@H]3CC[C@@H]4C[C@H](O)CC[C@]4(C)[C@H]3C[C@H](OC(=O)c3ccccc3)[C@@]21C. The summed E-state index contributed by atoms with van der Waals surface area (Å²) in [7, 11) is 0. The number of ether oxygens (including phenoxy) is 1. The van der Waals surface area contributed by atoms with Crippen molar-refractivity contribution in [3.8, 4) is 0 Å². The smallest absolute Gasteiger partial charge is 0.338 e. The molecule has 10 atom stereocenters. The second-order valence-electron chi connectivity index (χ2n) is 13.0. The van der Waals surface area contributed by atoms with Crippen molar-refractivity contribution in [1.82, 2.24) is 0 Å². The summed E-state index contributed by atoms with van der Waals surface area (Å²) in [6, 6.07) is 9.33. The Morgan fingerprint density at radius 3 is 2.50 bits per heavy atom. The molecule has 4 fully saturated rings. The van der Waals surface area contributed by atoms with Gasteiger partial charge in [0.05, 0.1) is 11.7 Å². The Bertz CT molecular complexity index is 961. The van der Waals surface area contributed by atoms with Crippen LogP contribution < -0.4 is 0 Å². The summed E-state index contributed by atoms with van der Waals surface area (Å²) in [5.74, 6) is 1.83. The normalized spacial score (nSPS) is 42.5.